The number of carbonyl (C=O) groups is 2. The number of amides is 2. The maximum Gasteiger partial charge on any atom is 0.274 e. The predicted octanol–water partition coefficient (Wildman–Crippen LogP) is 2.35. The number of rotatable bonds is 6. The molecule has 2 aliphatic heterocycles. The normalized spacial score (nSPS) is 19.4. The number of methoxy groups -OCH3 is 2. The lowest BCUT2D eigenvalue weighted by molar-refractivity contribution is -0.125. The van der Waals surface area contributed by atoms with E-state index in [0.717, 1.165) is 22.2 Å². The van der Waals surface area contributed by atoms with Crippen molar-refractivity contribution in [2.45, 2.75) is 38.1 Å². The molecule has 1 N–H and O–H groups in total. The molecule has 2 amide bonds. The Hall–Kier alpha value is -4.26. The number of piperidine rings is 1. The van der Waals surface area contributed by atoms with Gasteiger partial charge in [0.1, 0.15) is 11.4 Å². The first-order chi connectivity index (χ1) is 21.3. The summed E-state index contributed by atoms with van der Waals surface area (Å²) in [6, 6.07) is 15.7. The van der Waals surface area contributed by atoms with E-state index < -0.39 is 6.04 Å². The molecule has 3 aromatic rings. The van der Waals surface area contributed by atoms with Crippen molar-refractivity contribution in [2.24, 2.45) is 7.05 Å². The van der Waals surface area contributed by atoms with Crippen molar-refractivity contribution in [3.05, 3.63) is 81.8 Å². The SMILES string of the molecule is COCCCN1CC(=O)N[C@H]2CN(C(=O)c3ccc(=O)n(C)n3)CC[C@H]2OCc2cccc(c2)Oc2cc(ccc2OC)C1. The van der Waals surface area contributed by atoms with Crippen LogP contribution in [0.25, 0.3) is 0 Å². The van der Waals surface area contributed by atoms with E-state index in [9.17, 15) is 14.4 Å². The number of ether oxygens (including phenoxy) is 4. The average Bonchev–Trinajstić information content (AvgIpc) is 3.01. The molecule has 2 atom stereocenters. The van der Waals surface area contributed by atoms with Gasteiger partial charge in [0.2, 0.25) is 5.91 Å². The Morgan fingerprint density at radius 1 is 1.07 bits per heavy atom. The van der Waals surface area contributed by atoms with Gasteiger partial charge in [-0.3, -0.25) is 19.3 Å². The molecular weight excluding hydrogens is 566 g/mol. The van der Waals surface area contributed by atoms with Gasteiger partial charge in [0.25, 0.3) is 11.5 Å². The summed E-state index contributed by atoms with van der Waals surface area (Å²) in [5.41, 5.74) is 1.75. The molecule has 4 bridgehead atoms. The van der Waals surface area contributed by atoms with Crippen LogP contribution in [0.15, 0.2) is 59.4 Å². The van der Waals surface area contributed by atoms with E-state index in [1.165, 1.54) is 19.2 Å². The monoisotopic (exact) mass is 605 g/mol. The summed E-state index contributed by atoms with van der Waals surface area (Å²) in [5, 5.41) is 7.28. The van der Waals surface area contributed by atoms with Crippen LogP contribution in [0.3, 0.4) is 0 Å². The van der Waals surface area contributed by atoms with Gasteiger partial charge in [0, 0.05) is 53.0 Å². The molecule has 2 aromatic carbocycles. The number of nitrogens with one attached hydrogen (secondary N) is 1. The highest BCUT2D eigenvalue weighted by atomic mass is 16.5. The third-order valence-electron chi connectivity index (χ3n) is 7.78. The maximum atomic E-state index is 13.5. The van der Waals surface area contributed by atoms with Gasteiger partial charge >= 0.3 is 0 Å². The number of aryl methyl sites for hydroxylation is 1. The smallest absolute Gasteiger partial charge is 0.274 e. The number of nitrogens with zero attached hydrogens (tertiary/aromatic N) is 4. The van der Waals surface area contributed by atoms with Gasteiger partial charge in [0.05, 0.1) is 32.4 Å². The van der Waals surface area contributed by atoms with Gasteiger partial charge in [0.15, 0.2) is 11.5 Å². The zero-order chi connectivity index (χ0) is 31.1. The molecule has 44 heavy (non-hydrogen) atoms. The molecule has 1 saturated heterocycles. The fourth-order valence-electron chi connectivity index (χ4n) is 5.52. The summed E-state index contributed by atoms with van der Waals surface area (Å²) in [6.45, 7) is 2.81. The zero-order valence-electron chi connectivity index (χ0n) is 25.4. The van der Waals surface area contributed by atoms with Crippen molar-refractivity contribution in [1.82, 2.24) is 24.9 Å². The highest BCUT2D eigenvalue weighted by Gasteiger charge is 2.34. The van der Waals surface area contributed by atoms with E-state index in [4.69, 9.17) is 18.9 Å². The van der Waals surface area contributed by atoms with Gasteiger partial charge in [-0.15, -0.1) is 0 Å². The van der Waals surface area contributed by atoms with Gasteiger partial charge in [-0.2, -0.15) is 5.10 Å². The number of benzene rings is 2. The molecule has 234 valence electrons. The number of hydrogen-bond acceptors (Lipinski definition) is 9. The van der Waals surface area contributed by atoms with E-state index in [-0.39, 0.29) is 42.3 Å². The third kappa shape index (κ3) is 7.81. The van der Waals surface area contributed by atoms with Crippen LogP contribution in [-0.4, -0.2) is 90.5 Å². The molecule has 1 aromatic heterocycles. The predicted molar refractivity (Wildman–Crippen MR) is 162 cm³/mol. The third-order valence-corrected chi connectivity index (χ3v) is 7.78. The summed E-state index contributed by atoms with van der Waals surface area (Å²) in [5.74, 6) is 1.37. The number of carbonyl (C=O) groups excluding carboxylic acids is 2. The summed E-state index contributed by atoms with van der Waals surface area (Å²) < 4.78 is 24.6. The summed E-state index contributed by atoms with van der Waals surface area (Å²) in [4.78, 5) is 42.4. The minimum absolute atomic E-state index is 0.143. The molecule has 12 nitrogen and oxygen atoms in total. The zero-order valence-corrected chi connectivity index (χ0v) is 25.4. The molecule has 0 spiro atoms. The van der Waals surface area contributed by atoms with Crippen molar-refractivity contribution in [3.8, 4) is 17.2 Å². The Labute approximate surface area is 256 Å². The quantitative estimate of drug-likeness (QED) is 0.422. The minimum atomic E-state index is -0.450. The Morgan fingerprint density at radius 3 is 2.73 bits per heavy atom. The highest BCUT2D eigenvalue weighted by molar-refractivity contribution is 5.92. The number of aromatic nitrogens is 2. The van der Waals surface area contributed by atoms with Gasteiger partial charge < -0.3 is 29.2 Å². The average molecular weight is 606 g/mol. The molecule has 12 heteroatoms. The Morgan fingerprint density at radius 2 is 1.93 bits per heavy atom. The van der Waals surface area contributed by atoms with Crippen LogP contribution in [0.5, 0.6) is 17.2 Å². The molecule has 0 radical (unpaired) electrons. The molecule has 5 rings (SSSR count). The summed E-state index contributed by atoms with van der Waals surface area (Å²) >= 11 is 0. The molecule has 0 aliphatic carbocycles. The van der Waals surface area contributed by atoms with Crippen molar-refractivity contribution in [3.63, 3.8) is 0 Å². The highest BCUT2D eigenvalue weighted by Crippen LogP contribution is 2.33. The Balaban J connectivity index is 1.42. The first kappa shape index (κ1) is 31.2. The minimum Gasteiger partial charge on any atom is -0.493 e. The Bertz CT molecular complexity index is 1530. The fourth-order valence-corrected chi connectivity index (χ4v) is 5.52. The standard InChI is InChI=1S/C32H39N5O7/c1-35-31(39)11-9-25(34-35)32(40)37-14-12-27-26(19-37)33-30(38)20-36(13-5-15-41-2)18-22-8-10-28(42-3)29(17-22)44-24-7-4-6-23(16-24)21-43-27/h4,6-11,16-17,26-27H,5,12-15,18-21H2,1-3H3,(H,33,38)/t26-,27+/m0/s1. The van der Waals surface area contributed by atoms with E-state index in [1.54, 1.807) is 19.1 Å². The van der Waals surface area contributed by atoms with Gasteiger partial charge in [-0.05, 0) is 54.3 Å². The van der Waals surface area contributed by atoms with E-state index in [1.807, 2.05) is 42.5 Å². The molecule has 1 fully saturated rings. The van der Waals surface area contributed by atoms with Crippen LogP contribution in [0.4, 0.5) is 0 Å². The topological polar surface area (TPSA) is 124 Å². The summed E-state index contributed by atoms with van der Waals surface area (Å²) in [7, 11) is 4.77. The van der Waals surface area contributed by atoms with Crippen LogP contribution in [-0.2, 0) is 34.5 Å². The first-order valence-electron chi connectivity index (χ1n) is 14.7. The number of hydrogen-bond donors (Lipinski definition) is 1. The van der Waals surface area contributed by atoms with Crippen LogP contribution < -0.4 is 20.3 Å². The van der Waals surface area contributed by atoms with Crippen molar-refractivity contribution < 1.29 is 28.5 Å². The van der Waals surface area contributed by atoms with Gasteiger partial charge in [-0.25, -0.2) is 4.68 Å². The van der Waals surface area contributed by atoms with Gasteiger partial charge in [-0.1, -0.05) is 18.2 Å². The summed E-state index contributed by atoms with van der Waals surface area (Å²) in [6.07, 6.45) is 0.932. The second-order valence-electron chi connectivity index (χ2n) is 11.0. The molecular formula is C32H39N5O7. The lowest BCUT2D eigenvalue weighted by atomic mass is 10.0. The van der Waals surface area contributed by atoms with E-state index in [0.29, 0.717) is 56.5 Å². The van der Waals surface area contributed by atoms with E-state index in [2.05, 4.69) is 15.3 Å². The van der Waals surface area contributed by atoms with Crippen LogP contribution in [0, 0.1) is 0 Å². The lowest BCUT2D eigenvalue weighted by Gasteiger charge is -2.39. The molecule has 0 saturated carbocycles. The van der Waals surface area contributed by atoms with Crippen LogP contribution >= 0.6 is 0 Å². The van der Waals surface area contributed by atoms with Crippen molar-refractivity contribution >= 4 is 11.8 Å². The second kappa shape index (κ2) is 14.5. The van der Waals surface area contributed by atoms with Crippen molar-refractivity contribution in [2.75, 3.05) is 47.0 Å². The Kier molecular flexibility index (Phi) is 10.3. The van der Waals surface area contributed by atoms with Crippen LogP contribution in [0.2, 0.25) is 0 Å². The second-order valence-corrected chi connectivity index (χ2v) is 11.0. The largest absolute Gasteiger partial charge is 0.493 e. The van der Waals surface area contributed by atoms with Crippen molar-refractivity contribution in [1.29, 1.82) is 0 Å². The first-order valence-corrected chi connectivity index (χ1v) is 14.7. The molecule has 0 unspecified atom stereocenters. The van der Waals surface area contributed by atoms with E-state index >= 15 is 0 Å². The maximum absolute atomic E-state index is 13.5. The fraction of sp³-hybridized carbons (Fsp3) is 0.438. The lowest BCUT2D eigenvalue weighted by Crippen LogP contribution is -2.58. The number of likely N-dealkylation sites (tertiary alicyclic amines) is 1. The number of fused-ring (bicyclic) bond motifs is 5. The van der Waals surface area contributed by atoms with Crippen LogP contribution in [0.1, 0.15) is 34.5 Å². The molecule has 2 aliphatic rings. The molecule has 3 heterocycles.